The van der Waals surface area contributed by atoms with E-state index in [1.807, 2.05) is 24.3 Å². The zero-order valence-electron chi connectivity index (χ0n) is 21.8. The molecule has 0 unspecified atom stereocenters. The number of aromatic nitrogens is 1. The molecule has 2 saturated carbocycles. The molecular formula is C30H32N2O6. The second-order valence-electron chi connectivity index (χ2n) is 13.0. The molecule has 5 fully saturated rings. The molecule has 9 atom stereocenters. The molecule has 2 N–H and O–H groups in total. The van der Waals surface area contributed by atoms with Gasteiger partial charge in [0.05, 0.1) is 11.6 Å². The topological polar surface area (TPSA) is 109 Å². The van der Waals surface area contributed by atoms with E-state index in [1.165, 1.54) is 0 Å². The predicted octanol–water partition coefficient (Wildman–Crippen LogP) is 3.13. The SMILES string of the molecule is CC(C)[C@]12O[C@H]1[C@@H]1O[C@]13[C@]1(O[C@H]1C[C@H]1C4=C(CC[C@@]13C)C(=O)OC4)[C@]2(O)CNc1ccc2ncccc2c1. The fourth-order valence-corrected chi connectivity index (χ4v) is 9.77. The average Bonchev–Trinajstić information content (AvgIpc) is 3.81. The van der Waals surface area contributed by atoms with Crippen LogP contribution in [0.2, 0.25) is 0 Å². The lowest BCUT2D eigenvalue weighted by molar-refractivity contribution is -0.159. The highest BCUT2D eigenvalue weighted by molar-refractivity contribution is 5.92. The molecule has 0 radical (unpaired) electrons. The number of rotatable bonds is 4. The van der Waals surface area contributed by atoms with Crippen molar-refractivity contribution in [2.75, 3.05) is 18.5 Å². The number of hydrogen-bond donors (Lipinski definition) is 2. The van der Waals surface area contributed by atoms with E-state index in [0.717, 1.165) is 40.6 Å². The van der Waals surface area contributed by atoms with E-state index in [1.54, 1.807) is 6.20 Å². The molecule has 2 spiro atoms. The number of hydrogen-bond acceptors (Lipinski definition) is 8. The summed E-state index contributed by atoms with van der Waals surface area (Å²) in [7, 11) is 0. The Morgan fingerprint density at radius 1 is 1.16 bits per heavy atom. The second kappa shape index (κ2) is 6.44. The van der Waals surface area contributed by atoms with Crippen molar-refractivity contribution < 1.29 is 28.8 Å². The maximum atomic E-state index is 13.0. The van der Waals surface area contributed by atoms with Crippen molar-refractivity contribution in [2.45, 2.75) is 80.7 Å². The summed E-state index contributed by atoms with van der Waals surface area (Å²) >= 11 is 0. The van der Waals surface area contributed by atoms with E-state index >= 15 is 0 Å². The molecule has 1 aromatic heterocycles. The summed E-state index contributed by atoms with van der Waals surface area (Å²) in [5.41, 5.74) is -0.00567. The molecule has 4 aliphatic heterocycles. The second-order valence-corrected chi connectivity index (χ2v) is 13.0. The number of nitrogens with one attached hydrogen (secondary N) is 1. The van der Waals surface area contributed by atoms with Gasteiger partial charge in [-0.1, -0.05) is 26.8 Å². The van der Waals surface area contributed by atoms with Gasteiger partial charge in [0.15, 0.2) is 5.60 Å². The number of aliphatic hydroxyl groups is 1. The highest BCUT2D eigenvalue weighted by Gasteiger charge is 3.04. The van der Waals surface area contributed by atoms with Crippen LogP contribution in [0.3, 0.4) is 0 Å². The molecule has 1 aromatic carbocycles. The molecule has 8 nitrogen and oxygen atoms in total. The van der Waals surface area contributed by atoms with E-state index in [4.69, 9.17) is 18.9 Å². The van der Waals surface area contributed by atoms with Crippen molar-refractivity contribution in [3.8, 4) is 0 Å². The first-order chi connectivity index (χ1) is 18.2. The zero-order chi connectivity index (χ0) is 25.9. The highest BCUT2D eigenvalue weighted by atomic mass is 16.7. The number of carbonyl (C=O) groups excluding carboxylic acids is 1. The van der Waals surface area contributed by atoms with Gasteiger partial charge in [-0.2, -0.15) is 0 Å². The maximum Gasteiger partial charge on any atom is 0.334 e. The van der Waals surface area contributed by atoms with Gasteiger partial charge < -0.3 is 29.4 Å². The molecule has 8 heteroatoms. The molecule has 0 bridgehead atoms. The van der Waals surface area contributed by atoms with Crippen LogP contribution in [0.4, 0.5) is 5.69 Å². The molecule has 7 aliphatic rings. The number of cyclic esters (lactones) is 1. The number of pyridine rings is 1. The van der Waals surface area contributed by atoms with Crippen LogP contribution in [-0.4, -0.2) is 69.9 Å². The quantitative estimate of drug-likeness (QED) is 0.471. The van der Waals surface area contributed by atoms with E-state index < -0.39 is 22.4 Å². The number of benzene rings is 1. The molecular weight excluding hydrogens is 484 g/mol. The Morgan fingerprint density at radius 3 is 2.87 bits per heavy atom. The first-order valence-electron chi connectivity index (χ1n) is 14.0. The number of epoxide rings is 3. The standard InChI is InChI=1S/C30H32N2O6/c1-15(2)28-23(37-28)24-30(38-24)26(3)9-8-18-19(13-35-25(18)33)20(26)12-22-29(30,36-22)27(28,34)14-32-17-6-7-21-16(11-17)5-4-10-31-21/h4-7,10-11,15,20,22-24,32,34H,8-9,12-14H2,1-3H3/t20-,22-,23-,24-,26-,27-,28-,29+,30+/m0/s1. The number of fused-ring (bicyclic) bond motifs is 5. The van der Waals surface area contributed by atoms with E-state index in [9.17, 15) is 9.90 Å². The summed E-state index contributed by atoms with van der Waals surface area (Å²) in [4.78, 5) is 16.8. The van der Waals surface area contributed by atoms with E-state index in [-0.39, 0.29) is 48.1 Å². The Labute approximate surface area is 220 Å². The molecule has 2 aromatic rings. The predicted molar refractivity (Wildman–Crippen MR) is 136 cm³/mol. The van der Waals surface area contributed by atoms with Crippen LogP contribution in [0.1, 0.15) is 40.0 Å². The smallest absolute Gasteiger partial charge is 0.334 e. The van der Waals surface area contributed by atoms with Crippen LogP contribution in [0.25, 0.3) is 10.9 Å². The lowest BCUT2D eigenvalue weighted by Crippen LogP contribution is -2.77. The Bertz CT molecular complexity index is 1490. The Balaban J connectivity index is 1.14. The minimum absolute atomic E-state index is 0.0774. The number of ether oxygens (including phenoxy) is 4. The van der Waals surface area contributed by atoms with E-state index in [0.29, 0.717) is 13.0 Å². The molecule has 3 saturated heterocycles. The van der Waals surface area contributed by atoms with Crippen molar-refractivity contribution in [1.29, 1.82) is 0 Å². The minimum atomic E-state index is -1.30. The number of anilines is 1. The molecule has 198 valence electrons. The van der Waals surface area contributed by atoms with Crippen molar-refractivity contribution in [2.24, 2.45) is 17.3 Å². The first-order valence-corrected chi connectivity index (χ1v) is 14.0. The van der Waals surface area contributed by atoms with Crippen molar-refractivity contribution in [3.05, 3.63) is 47.7 Å². The molecule has 5 heterocycles. The van der Waals surface area contributed by atoms with Gasteiger partial charge in [-0.15, -0.1) is 0 Å². The summed E-state index contributed by atoms with van der Waals surface area (Å²) in [5.74, 6) is 0.0491. The highest BCUT2D eigenvalue weighted by Crippen LogP contribution is 2.85. The van der Waals surface area contributed by atoms with Crippen LogP contribution < -0.4 is 5.32 Å². The van der Waals surface area contributed by atoms with Gasteiger partial charge in [0.25, 0.3) is 0 Å². The summed E-state index contributed by atoms with van der Waals surface area (Å²) < 4.78 is 25.6. The largest absolute Gasteiger partial charge is 0.458 e. The summed E-state index contributed by atoms with van der Waals surface area (Å²) in [6.45, 7) is 7.20. The van der Waals surface area contributed by atoms with Crippen LogP contribution >= 0.6 is 0 Å². The molecule has 0 amide bonds. The maximum absolute atomic E-state index is 13.0. The van der Waals surface area contributed by atoms with Crippen LogP contribution in [0, 0.1) is 17.3 Å². The number of nitrogens with zero attached hydrogens (tertiary/aromatic N) is 1. The fraction of sp³-hybridized carbons (Fsp3) is 0.600. The Morgan fingerprint density at radius 2 is 2.03 bits per heavy atom. The van der Waals surface area contributed by atoms with Gasteiger partial charge >= 0.3 is 5.97 Å². The molecule has 38 heavy (non-hydrogen) atoms. The minimum Gasteiger partial charge on any atom is -0.458 e. The fourth-order valence-electron chi connectivity index (χ4n) is 9.77. The van der Waals surface area contributed by atoms with Crippen LogP contribution in [-0.2, 0) is 23.7 Å². The zero-order valence-corrected chi connectivity index (χ0v) is 21.8. The summed E-state index contributed by atoms with van der Waals surface area (Å²) in [6.07, 6.45) is 3.58. The Hall–Kier alpha value is -2.52. The average molecular weight is 517 g/mol. The third kappa shape index (κ3) is 2.11. The lowest BCUT2D eigenvalue weighted by Gasteiger charge is -2.56. The van der Waals surface area contributed by atoms with Crippen LogP contribution in [0.5, 0.6) is 0 Å². The van der Waals surface area contributed by atoms with Crippen molar-refractivity contribution in [3.63, 3.8) is 0 Å². The van der Waals surface area contributed by atoms with Gasteiger partial charge in [-0.25, -0.2) is 4.79 Å². The van der Waals surface area contributed by atoms with Gasteiger partial charge in [-0.05, 0) is 60.9 Å². The van der Waals surface area contributed by atoms with Gasteiger partial charge in [0.2, 0.25) is 0 Å². The van der Waals surface area contributed by atoms with Gasteiger partial charge in [0.1, 0.15) is 35.6 Å². The summed E-state index contributed by atoms with van der Waals surface area (Å²) in [5, 5.41) is 17.6. The number of esters is 1. The third-order valence-electron chi connectivity index (χ3n) is 11.5. The lowest BCUT2D eigenvalue weighted by atomic mass is 9.44. The monoisotopic (exact) mass is 516 g/mol. The van der Waals surface area contributed by atoms with Crippen molar-refractivity contribution >= 4 is 22.6 Å². The first kappa shape index (κ1) is 22.3. The van der Waals surface area contributed by atoms with Crippen LogP contribution in [0.15, 0.2) is 47.7 Å². The molecule has 3 aliphatic carbocycles. The summed E-state index contributed by atoms with van der Waals surface area (Å²) in [6, 6.07) is 10.0. The van der Waals surface area contributed by atoms with Gasteiger partial charge in [0, 0.05) is 34.8 Å². The normalized spacial score (nSPS) is 48.8. The van der Waals surface area contributed by atoms with Crippen molar-refractivity contribution in [1.82, 2.24) is 4.98 Å². The third-order valence-corrected chi connectivity index (χ3v) is 11.5. The van der Waals surface area contributed by atoms with E-state index in [2.05, 4.69) is 37.1 Å². The molecule has 9 rings (SSSR count). The number of carbonyl (C=O) groups is 1. The van der Waals surface area contributed by atoms with Gasteiger partial charge in [-0.3, -0.25) is 4.98 Å². The Kier molecular flexibility index (Phi) is 3.78.